The lowest BCUT2D eigenvalue weighted by Crippen LogP contribution is -1.99. The second-order valence-corrected chi connectivity index (χ2v) is 9.48. The van der Waals surface area contributed by atoms with E-state index in [9.17, 15) is 0 Å². The quantitative estimate of drug-likeness (QED) is 0.215. The van der Waals surface area contributed by atoms with Crippen LogP contribution < -0.4 is 0 Å². The van der Waals surface area contributed by atoms with Crippen molar-refractivity contribution >= 4 is 55.0 Å². The highest BCUT2D eigenvalue weighted by molar-refractivity contribution is 6.12. The molecule has 178 valence electrons. The molecule has 0 N–H and O–H groups in total. The third-order valence-corrected chi connectivity index (χ3v) is 7.31. The summed E-state index contributed by atoms with van der Waals surface area (Å²) < 4.78 is 27.8. The van der Waals surface area contributed by atoms with E-state index in [1.54, 1.807) is 18.2 Å². The molecule has 4 nitrogen and oxygen atoms in total. The maximum Gasteiger partial charge on any atom is 0.220 e. The largest absolute Gasteiger partial charge is 0.320 e. The van der Waals surface area contributed by atoms with Gasteiger partial charge in [0.05, 0.1) is 35.2 Å². The van der Waals surface area contributed by atoms with Gasteiger partial charge in [0.15, 0.2) is 0 Å². The number of hydrogen-bond acceptors (Lipinski definition) is 0. The molecule has 38 heavy (non-hydrogen) atoms. The maximum atomic E-state index is 8.22. The first kappa shape index (κ1) is 18.9. The van der Waals surface area contributed by atoms with E-state index in [-0.39, 0.29) is 16.9 Å². The van der Waals surface area contributed by atoms with Crippen LogP contribution in [-0.4, -0.2) is 9.13 Å². The fourth-order valence-corrected chi connectivity index (χ4v) is 5.72. The van der Waals surface area contributed by atoms with E-state index in [1.807, 2.05) is 59.2 Å². The molecule has 2 heterocycles. The molecule has 0 saturated carbocycles. The molecule has 0 amide bonds. The topological polar surface area (TPSA) is 18.6 Å². The summed E-state index contributed by atoms with van der Waals surface area (Å²) in [6.07, 6.45) is 0. The third kappa shape index (κ3) is 2.95. The lowest BCUT2D eigenvalue weighted by molar-refractivity contribution is 1.16. The summed E-state index contributed by atoms with van der Waals surface area (Å²) in [5.74, 6) is 0. The summed E-state index contributed by atoms with van der Waals surface area (Å²) in [6, 6.07) is 31.1. The highest BCUT2D eigenvalue weighted by Crippen LogP contribution is 2.45. The Bertz CT molecular complexity index is 2290. The zero-order chi connectivity index (χ0) is 28.5. The Labute approximate surface area is 224 Å². The number of hydrogen-bond donors (Lipinski definition) is 0. The Kier molecular flexibility index (Phi) is 4.02. The van der Waals surface area contributed by atoms with Gasteiger partial charge < -0.3 is 9.13 Å². The van der Waals surface area contributed by atoms with Crippen LogP contribution in [0.4, 0.5) is 11.4 Å². The minimum atomic E-state index is -2.24. The number of rotatable bonds is 2. The smallest absolute Gasteiger partial charge is 0.220 e. The lowest BCUT2D eigenvalue weighted by Gasteiger charge is -2.16. The van der Waals surface area contributed by atoms with E-state index in [4.69, 9.17) is 17.3 Å². The Hall–Kier alpha value is -5.32. The SMILES string of the molecule is [2H]C([2H])([2H])c1ccc2c(c1)c1ccccc1n2-c1ccc(-n2c3ccccc3c3cc(C)ccc32)c([N+]#[C-])c1[N+]#[C-]. The van der Waals surface area contributed by atoms with Crippen molar-refractivity contribution < 1.29 is 4.11 Å². The zero-order valence-electron chi connectivity index (χ0n) is 23.5. The van der Waals surface area contributed by atoms with Gasteiger partial charge in [-0.15, -0.1) is 0 Å². The van der Waals surface area contributed by atoms with Crippen LogP contribution in [0.15, 0.2) is 97.1 Å². The Morgan fingerprint density at radius 2 is 1.00 bits per heavy atom. The van der Waals surface area contributed by atoms with Crippen molar-refractivity contribution in [2.75, 3.05) is 0 Å². The molecule has 0 aliphatic rings. The van der Waals surface area contributed by atoms with E-state index >= 15 is 0 Å². The monoisotopic (exact) mass is 489 g/mol. The van der Waals surface area contributed by atoms with Crippen molar-refractivity contribution in [2.24, 2.45) is 0 Å². The molecule has 7 aromatic rings. The van der Waals surface area contributed by atoms with Gasteiger partial charge in [-0.2, -0.15) is 0 Å². The summed E-state index contributed by atoms with van der Waals surface area (Å²) in [4.78, 5) is 7.86. The molecule has 0 aliphatic heterocycles. The molecule has 0 unspecified atom stereocenters. The molecular formula is C34H22N4. The van der Waals surface area contributed by atoms with Gasteiger partial charge >= 0.3 is 0 Å². The standard InChI is InChI=1S/C34H22N4/c1-21-13-15-29-25(19-21)23-9-5-7-11-27(23)37(29)31-17-18-32(34(36-4)33(31)35-3)38-28-12-8-6-10-24(28)26-20-22(2)14-16-30(26)38/h5-20H,1-2H3/i1D3. The van der Waals surface area contributed by atoms with Crippen LogP contribution in [0.25, 0.3) is 64.7 Å². The number of benzene rings is 5. The van der Waals surface area contributed by atoms with Crippen LogP contribution in [-0.2, 0) is 0 Å². The van der Waals surface area contributed by atoms with Crippen molar-refractivity contribution in [1.82, 2.24) is 9.13 Å². The Balaban J connectivity index is 1.56. The van der Waals surface area contributed by atoms with E-state index in [0.29, 0.717) is 11.4 Å². The van der Waals surface area contributed by atoms with Crippen molar-refractivity contribution in [2.45, 2.75) is 13.8 Å². The van der Waals surface area contributed by atoms with Gasteiger partial charge in [0, 0.05) is 37.0 Å². The Morgan fingerprint density at radius 3 is 1.50 bits per heavy atom. The third-order valence-electron chi connectivity index (χ3n) is 7.31. The molecule has 0 fully saturated rings. The number of nitrogens with zero attached hydrogens (tertiary/aromatic N) is 4. The van der Waals surface area contributed by atoms with Crippen LogP contribution in [0, 0.1) is 26.9 Å². The van der Waals surface area contributed by atoms with Crippen molar-refractivity contribution in [1.29, 1.82) is 0 Å². The molecule has 4 heteroatoms. The van der Waals surface area contributed by atoms with Gasteiger partial charge in [-0.05, 0) is 62.3 Å². The molecule has 0 bridgehead atoms. The summed E-state index contributed by atoms with van der Waals surface area (Å²) in [5, 5.41) is 3.85. The molecule has 5 aromatic carbocycles. The van der Waals surface area contributed by atoms with Crippen LogP contribution in [0.1, 0.15) is 15.2 Å². The molecule has 0 atom stereocenters. The average molecular weight is 490 g/mol. The van der Waals surface area contributed by atoms with Gasteiger partial charge in [-0.3, -0.25) is 0 Å². The molecule has 0 spiro atoms. The minimum absolute atomic E-state index is 0.248. The van der Waals surface area contributed by atoms with Crippen LogP contribution in [0.5, 0.6) is 0 Å². The normalized spacial score (nSPS) is 12.9. The van der Waals surface area contributed by atoms with E-state index in [1.165, 1.54) is 0 Å². The van der Waals surface area contributed by atoms with E-state index in [2.05, 4.69) is 45.4 Å². The number of fused-ring (bicyclic) bond motifs is 6. The number of aromatic nitrogens is 2. The van der Waals surface area contributed by atoms with Crippen LogP contribution in [0.2, 0.25) is 0 Å². The van der Waals surface area contributed by atoms with Gasteiger partial charge in [-0.1, -0.05) is 59.7 Å². The molecule has 7 rings (SSSR count). The first-order valence-corrected chi connectivity index (χ1v) is 12.3. The molecular weight excluding hydrogens is 464 g/mol. The molecule has 0 saturated heterocycles. The van der Waals surface area contributed by atoms with Gasteiger partial charge in [0.2, 0.25) is 11.4 Å². The number of aryl methyl sites for hydroxylation is 2. The highest BCUT2D eigenvalue weighted by Gasteiger charge is 2.22. The fraction of sp³-hybridized carbons (Fsp3) is 0.0588. The first-order chi connectivity index (χ1) is 19.8. The Morgan fingerprint density at radius 1 is 0.553 bits per heavy atom. The lowest BCUT2D eigenvalue weighted by atomic mass is 10.1. The molecule has 2 aromatic heterocycles. The summed E-state index contributed by atoms with van der Waals surface area (Å²) in [6.45, 7) is 16.3. The predicted molar refractivity (Wildman–Crippen MR) is 157 cm³/mol. The van der Waals surface area contributed by atoms with Crippen molar-refractivity contribution in [3.8, 4) is 11.4 Å². The maximum absolute atomic E-state index is 8.22. The van der Waals surface area contributed by atoms with Crippen molar-refractivity contribution in [3.63, 3.8) is 0 Å². The fourth-order valence-electron chi connectivity index (χ4n) is 5.72. The van der Waals surface area contributed by atoms with Gasteiger partial charge in [0.1, 0.15) is 0 Å². The first-order valence-electron chi connectivity index (χ1n) is 13.8. The molecule has 0 radical (unpaired) electrons. The molecule has 0 aliphatic carbocycles. The zero-order valence-corrected chi connectivity index (χ0v) is 20.5. The minimum Gasteiger partial charge on any atom is -0.320 e. The number of para-hydroxylation sites is 2. The summed E-state index contributed by atoms with van der Waals surface area (Å²) in [5.41, 5.74) is 6.72. The van der Waals surface area contributed by atoms with E-state index < -0.39 is 6.85 Å². The predicted octanol–water partition coefficient (Wildman–Crippen LogP) is 9.60. The second kappa shape index (κ2) is 8.10. The average Bonchev–Trinajstić information content (AvgIpc) is 3.48. The van der Waals surface area contributed by atoms with Crippen LogP contribution in [0.3, 0.4) is 0 Å². The van der Waals surface area contributed by atoms with Gasteiger partial charge in [-0.25, -0.2) is 9.69 Å². The highest BCUT2D eigenvalue weighted by atomic mass is 15.0. The summed E-state index contributed by atoms with van der Waals surface area (Å²) >= 11 is 0. The van der Waals surface area contributed by atoms with Gasteiger partial charge in [0.25, 0.3) is 0 Å². The summed E-state index contributed by atoms with van der Waals surface area (Å²) in [7, 11) is 0. The second-order valence-electron chi connectivity index (χ2n) is 9.48. The van der Waals surface area contributed by atoms with Crippen LogP contribution >= 0.6 is 0 Å². The van der Waals surface area contributed by atoms with Crippen molar-refractivity contribution in [3.05, 3.63) is 131 Å². The van der Waals surface area contributed by atoms with E-state index in [0.717, 1.165) is 49.2 Å².